The maximum atomic E-state index is 14.2. The average Bonchev–Trinajstić information content (AvgIpc) is 2.49. The van der Waals surface area contributed by atoms with Gasteiger partial charge in [0.2, 0.25) is 0 Å². The number of nitrogens with zero attached hydrogens (tertiary/aromatic N) is 1. The Hall–Kier alpha value is -1.03. The summed E-state index contributed by atoms with van der Waals surface area (Å²) in [6.45, 7) is -0.749. The largest absolute Gasteiger partial charge is 0.416 e. The van der Waals surface area contributed by atoms with Crippen LogP contribution in [0.4, 0.5) is 26.3 Å². The number of aliphatic hydroxyl groups excluding tert-OH is 1. The lowest BCUT2D eigenvalue weighted by Crippen LogP contribution is -2.51. The van der Waals surface area contributed by atoms with E-state index < -0.39 is 41.7 Å². The smallest absolute Gasteiger partial charge is 0.390 e. The van der Waals surface area contributed by atoms with Crippen LogP contribution in [0.25, 0.3) is 0 Å². The molecular formula is C14H17ClF6N2O. The van der Waals surface area contributed by atoms with Gasteiger partial charge in [0.05, 0.1) is 5.56 Å². The number of halogens is 7. The Morgan fingerprint density at radius 3 is 2.21 bits per heavy atom. The molecule has 0 aromatic heterocycles. The van der Waals surface area contributed by atoms with Crippen molar-refractivity contribution in [1.82, 2.24) is 10.2 Å². The zero-order valence-corrected chi connectivity index (χ0v) is 13.2. The summed E-state index contributed by atoms with van der Waals surface area (Å²) in [5, 5.41) is 11.9. The Bertz CT molecular complexity index is 549. The molecule has 1 saturated heterocycles. The fourth-order valence-corrected chi connectivity index (χ4v) is 2.73. The Labute approximate surface area is 141 Å². The van der Waals surface area contributed by atoms with Crippen molar-refractivity contribution in [2.24, 2.45) is 0 Å². The standard InChI is InChI=1S/C14H16F6N2O.ClH/c15-9-1-2-10(11(7-9)14(18,19)20)12(13(16,17)8-23)22-5-3-21-4-6-22;/h1-2,7,12,21,23H,3-6,8H2;1H/t12-;/m1./s1. The summed E-state index contributed by atoms with van der Waals surface area (Å²) in [5.74, 6) is -4.96. The van der Waals surface area contributed by atoms with E-state index in [2.05, 4.69) is 5.32 Å². The zero-order valence-electron chi connectivity index (χ0n) is 12.4. The molecule has 2 rings (SSSR count). The molecule has 0 amide bonds. The zero-order chi connectivity index (χ0) is 17.3. The number of piperazine rings is 1. The van der Waals surface area contributed by atoms with Crippen molar-refractivity contribution in [3.63, 3.8) is 0 Å². The van der Waals surface area contributed by atoms with Crippen LogP contribution in [-0.2, 0) is 6.18 Å². The molecule has 0 saturated carbocycles. The highest BCUT2D eigenvalue weighted by molar-refractivity contribution is 5.85. The van der Waals surface area contributed by atoms with Crippen molar-refractivity contribution >= 4 is 12.4 Å². The van der Waals surface area contributed by atoms with Crippen LogP contribution in [0.1, 0.15) is 17.2 Å². The third kappa shape index (κ3) is 4.53. The van der Waals surface area contributed by atoms with E-state index >= 15 is 0 Å². The third-order valence-corrected chi connectivity index (χ3v) is 3.74. The molecular weight excluding hydrogens is 362 g/mol. The van der Waals surface area contributed by atoms with Crippen LogP contribution in [0.5, 0.6) is 0 Å². The van der Waals surface area contributed by atoms with Crippen LogP contribution < -0.4 is 5.32 Å². The predicted octanol–water partition coefficient (Wildman–Crippen LogP) is 2.84. The normalized spacial score (nSPS) is 18.1. The van der Waals surface area contributed by atoms with Gasteiger partial charge in [-0.15, -0.1) is 12.4 Å². The molecule has 1 aromatic rings. The third-order valence-electron chi connectivity index (χ3n) is 3.74. The van der Waals surface area contributed by atoms with Gasteiger partial charge in [0.1, 0.15) is 18.5 Å². The highest BCUT2D eigenvalue weighted by Crippen LogP contribution is 2.43. The van der Waals surface area contributed by atoms with Crippen molar-refractivity contribution in [2.45, 2.75) is 18.1 Å². The summed E-state index contributed by atoms with van der Waals surface area (Å²) in [6.07, 6.45) is -4.98. The number of nitrogens with one attached hydrogen (secondary N) is 1. The molecule has 0 aliphatic carbocycles. The van der Waals surface area contributed by atoms with E-state index in [9.17, 15) is 26.3 Å². The molecule has 2 N–H and O–H groups in total. The number of benzene rings is 1. The minimum absolute atomic E-state index is 0. The Kier molecular flexibility index (Phi) is 6.92. The van der Waals surface area contributed by atoms with Crippen LogP contribution in [0, 0.1) is 5.82 Å². The van der Waals surface area contributed by atoms with Gasteiger partial charge >= 0.3 is 6.18 Å². The van der Waals surface area contributed by atoms with E-state index in [1.54, 1.807) is 0 Å². The summed E-state index contributed by atoms with van der Waals surface area (Å²) in [4.78, 5) is 1.18. The van der Waals surface area contributed by atoms with E-state index in [0.717, 1.165) is 0 Å². The first-order valence-electron chi connectivity index (χ1n) is 6.97. The number of hydrogen-bond acceptors (Lipinski definition) is 3. The second-order valence-corrected chi connectivity index (χ2v) is 5.34. The van der Waals surface area contributed by atoms with Gasteiger partial charge in [0.25, 0.3) is 5.92 Å². The SMILES string of the molecule is Cl.OCC(F)(F)[C@@H](c1ccc(F)cc1C(F)(F)F)N1CCNCC1. The predicted molar refractivity (Wildman–Crippen MR) is 77.9 cm³/mol. The van der Waals surface area contributed by atoms with Gasteiger partial charge < -0.3 is 10.4 Å². The average molecular weight is 379 g/mol. The lowest BCUT2D eigenvalue weighted by molar-refractivity contribution is -0.145. The molecule has 1 aliphatic heterocycles. The molecule has 1 fully saturated rings. The molecule has 3 nitrogen and oxygen atoms in total. The lowest BCUT2D eigenvalue weighted by atomic mass is 9.93. The fraction of sp³-hybridized carbons (Fsp3) is 0.571. The van der Waals surface area contributed by atoms with Crippen LogP contribution in [-0.4, -0.2) is 48.7 Å². The second kappa shape index (κ2) is 7.90. The van der Waals surface area contributed by atoms with Crippen molar-refractivity contribution in [1.29, 1.82) is 0 Å². The summed E-state index contributed by atoms with van der Waals surface area (Å²) >= 11 is 0. The molecule has 1 atom stereocenters. The van der Waals surface area contributed by atoms with E-state index in [0.29, 0.717) is 25.2 Å². The molecule has 0 radical (unpaired) electrons. The molecule has 138 valence electrons. The van der Waals surface area contributed by atoms with Gasteiger partial charge in [-0.2, -0.15) is 13.2 Å². The fourth-order valence-electron chi connectivity index (χ4n) is 2.73. The van der Waals surface area contributed by atoms with Gasteiger partial charge in [-0.25, -0.2) is 13.2 Å². The van der Waals surface area contributed by atoms with Crippen molar-refractivity contribution < 1.29 is 31.4 Å². The first-order valence-corrected chi connectivity index (χ1v) is 6.97. The van der Waals surface area contributed by atoms with Gasteiger partial charge in [-0.3, -0.25) is 4.90 Å². The van der Waals surface area contributed by atoms with Crippen LogP contribution in [0.2, 0.25) is 0 Å². The molecule has 0 spiro atoms. The monoisotopic (exact) mass is 378 g/mol. The van der Waals surface area contributed by atoms with E-state index in [1.807, 2.05) is 0 Å². The topological polar surface area (TPSA) is 35.5 Å². The van der Waals surface area contributed by atoms with Gasteiger partial charge in [-0.05, 0) is 17.7 Å². The number of hydrogen-bond donors (Lipinski definition) is 2. The lowest BCUT2D eigenvalue weighted by Gasteiger charge is -2.39. The van der Waals surface area contributed by atoms with Crippen LogP contribution in [0.3, 0.4) is 0 Å². The second-order valence-electron chi connectivity index (χ2n) is 5.34. The Morgan fingerprint density at radius 2 is 1.71 bits per heavy atom. The first kappa shape index (κ1) is 21.0. The molecule has 1 aliphatic rings. The number of rotatable bonds is 4. The molecule has 24 heavy (non-hydrogen) atoms. The summed E-state index contributed by atoms with van der Waals surface area (Å²) in [6, 6.07) is -0.341. The van der Waals surface area contributed by atoms with Crippen LogP contribution in [0.15, 0.2) is 18.2 Å². The van der Waals surface area contributed by atoms with E-state index in [4.69, 9.17) is 5.11 Å². The minimum atomic E-state index is -4.98. The first-order chi connectivity index (χ1) is 10.7. The highest BCUT2D eigenvalue weighted by atomic mass is 35.5. The van der Waals surface area contributed by atoms with Gasteiger partial charge in [-0.1, -0.05) is 6.07 Å². The maximum Gasteiger partial charge on any atom is 0.416 e. The van der Waals surface area contributed by atoms with Crippen molar-refractivity contribution in [3.8, 4) is 0 Å². The van der Waals surface area contributed by atoms with Gasteiger partial charge in [0.15, 0.2) is 0 Å². The quantitative estimate of drug-likeness (QED) is 0.791. The highest BCUT2D eigenvalue weighted by Gasteiger charge is 2.48. The molecule has 1 aromatic carbocycles. The van der Waals surface area contributed by atoms with Crippen molar-refractivity contribution in [3.05, 3.63) is 35.1 Å². The molecule has 1 heterocycles. The number of alkyl halides is 5. The summed E-state index contributed by atoms with van der Waals surface area (Å²) in [5.41, 5.74) is -2.19. The molecule has 0 bridgehead atoms. The minimum Gasteiger partial charge on any atom is -0.390 e. The van der Waals surface area contributed by atoms with E-state index in [1.165, 1.54) is 4.90 Å². The summed E-state index contributed by atoms with van der Waals surface area (Å²) in [7, 11) is 0. The number of aliphatic hydroxyl groups is 1. The van der Waals surface area contributed by atoms with Crippen molar-refractivity contribution in [2.75, 3.05) is 32.8 Å². The Morgan fingerprint density at radius 1 is 1.12 bits per heavy atom. The molecule has 10 heteroatoms. The van der Waals surface area contributed by atoms with E-state index in [-0.39, 0.29) is 31.6 Å². The van der Waals surface area contributed by atoms with Gasteiger partial charge in [0, 0.05) is 26.2 Å². The maximum absolute atomic E-state index is 14.2. The van der Waals surface area contributed by atoms with Crippen LogP contribution >= 0.6 is 12.4 Å². The Balaban J connectivity index is 0.00000288. The molecule has 0 unspecified atom stereocenters. The summed E-state index contributed by atoms with van der Waals surface area (Å²) < 4.78 is 81.0.